The average molecular weight is 1420 g/mol. The van der Waals surface area contributed by atoms with Crippen molar-refractivity contribution in [2.45, 2.75) is 243 Å². The number of benzene rings is 2. The number of piperidine rings is 2. The molecule has 16 heteroatoms. The fourth-order valence-corrected chi connectivity index (χ4v) is 17.3. The van der Waals surface area contributed by atoms with Crippen LogP contribution in [0.15, 0.2) is 66.2 Å². The Balaban J connectivity index is 1.08. The molecular formula is C78H135F2IN12O. The molecule has 0 bridgehead atoms. The Morgan fingerprint density at radius 3 is 1.93 bits per heavy atom. The van der Waals surface area contributed by atoms with Gasteiger partial charge >= 0.3 is 0 Å². The number of carbonyl (C=O) groups is 1. The van der Waals surface area contributed by atoms with E-state index in [9.17, 15) is 8.78 Å². The third-order valence-corrected chi connectivity index (χ3v) is 23.7. The number of amides is 1. The number of nitrogens with one attached hydrogen (secondary N) is 4. The number of fused-ring (bicyclic) bond motifs is 2. The minimum atomic E-state index is -2.52. The number of allylic oxidation sites excluding steroid dienone is 1. The predicted molar refractivity (Wildman–Crippen MR) is 399 cm³/mol. The van der Waals surface area contributed by atoms with E-state index in [1.807, 2.05) is 0 Å². The smallest absolute Gasteiger partial charge is 0.248 e. The molecule has 2 aromatic carbocycles. The van der Waals surface area contributed by atoms with Crippen LogP contribution in [-0.2, 0) is 17.6 Å². The first-order valence-electron chi connectivity index (χ1n) is 38.1. The number of carbonyl (C=O) groups excluding carboxylic acids is 1. The highest BCUT2D eigenvalue weighted by molar-refractivity contribution is 14.1. The van der Waals surface area contributed by atoms with Gasteiger partial charge in [0.05, 0.1) is 6.04 Å². The van der Waals surface area contributed by atoms with Gasteiger partial charge in [-0.1, -0.05) is 94.7 Å². The van der Waals surface area contributed by atoms with E-state index in [0.717, 1.165) is 155 Å². The van der Waals surface area contributed by atoms with Crippen LogP contribution in [-0.4, -0.2) is 251 Å². The molecule has 6 aliphatic rings. The van der Waals surface area contributed by atoms with Gasteiger partial charge in [-0.05, 0) is 234 Å². The Bertz CT molecular complexity index is 2470. The van der Waals surface area contributed by atoms with Gasteiger partial charge in [-0.2, -0.15) is 0 Å². The van der Waals surface area contributed by atoms with Crippen LogP contribution in [0.1, 0.15) is 175 Å². The molecule has 13 nitrogen and oxygen atoms in total. The Hall–Kier alpha value is -2.20. The molecule has 1 amide bonds. The lowest BCUT2D eigenvalue weighted by atomic mass is 9.79. The van der Waals surface area contributed by atoms with Crippen molar-refractivity contribution in [3.63, 3.8) is 0 Å². The molecule has 0 radical (unpaired) electrons. The highest BCUT2D eigenvalue weighted by atomic mass is 127. The van der Waals surface area contributed by atoms with Crippen molar-refractivity contribution >= 4 is 28.5 Å². The Labute approximate surface area is 586 Å². The minimum Gasteiger partial charge on any atom is -0.341 e. The van der Waals surface area contributed by atoms with Gasteiger partial charge < -0.3 is 45.8 Å². The third-order valence-electron chi connectivity index (χ3n) is 23.0. The van der Waals surface area contributed by atoms with Gasteiger partial charge in [0.25, 0.3) is 0 Å². The van der Waals surface area contributed by atoms with Crippen LogP contribution in [0.2, 0.25) is 0 Å². The monoisotopic (exact) mass is 1420 g/mol. The summed E-state index contributed by atoms with van der Waals surface area (Å²) in [6.07, 6.45) is 23.0. The lowest BCUT2D eigenvalue weighted by Gasteiger charge is -2.49. The molecule has 534 valence electrons. The summed E-state index contributed by atoms with van der Waals surface area (Å²) in [4.78, 5) is 36.0. The number of alkyl halides is 2. The zero-order valence-electron chi connectivity index (χ0n) is 61.1. The van der Waals surface area contributed by atoms with Crippen LogP contribution < -0.4 is 21.3 Å². The van der Waals surface area contributed by atoms with E-state index in [2.05, 4.69) is 221 Å². The number of likely N-dealkylation sites (tertiary alicyclic amines) is 1. The minimum absolute atomic E-state index is 0.0289. The Morgan fingerprint density at radius 1 is 0.574 bits per heavy atom. The summed E-state index contributed by atoms with van der Waals surface area (Å²) in [5, 5.41) is 16.8. The number of hydrogen-bond acceptors (Lipinski definition) is 12. The maximum absolute atomic E-state index is 15.1. The van der Waals surface area contributed by atoms with Gasteiger partial charge in [0.1, 0.15) is 0 Å². The van der Waals surface area contributed by atoms with Crippen LogP contribution >= 0.6 is 22.6 Å². The number of rotatable bonds is 14. The lowest BCUT2D eigenvalue weighted by molar-refractivity contribution is -0.138. The third kappa shape index (κ3) is 26.1. The zero-order chi connectivity index (χ0) is 67.2. The second kappa shape index (κ2) is 39.7. The molecule has 2 saturated carbocycles. The molecule has 8 rings (SSSR count). The largest absolute Gasteiger partial charge is 0.341 e. The molecule has 4 N–H and O–H groups in total. The topological polar surface area (TPSA) is 91.1 Å². The molecule has 94 heavy (non-hydrogen) atoms. The van der Waals surface area contributed by atoms with Crippen molar-refractivity contribution in [1.82, 2.24) is 60.5 Å². The van der Waals surface area contributed by atoms with Gasteiger partial charge in [0.15, 0.2) is 0 Å². The standard InChI is InChI=1S/C78H135F2IN12O/c1-59(2)29-30-67-53-88(9)73(48-62-22-14-12-15-23-62)51-84-69(44-60(3)4)54-90(11)76(77(94)91-38-17-13-18-39-91)34-41-87(8)72(45-61(5)6)52-85-75(65-25-21-26-65)58-92-40-19-16-28-70(92)57-93-42-33-71(93)56-89(10)74(49-63-31-35-78(79,80)36-32-63)55-86(7)43-37-82-68(50-83-67)47-64-24-20-27-66(81)46-64/h12,14-15,20,22-24,27,29,46,60-61,63,65,67-76,82-85H,13,16-19,21,25-26,28,30-45,47-58H2,1-11H3/t67-,68-,69-,70-,71-,72-,73-,74-,75+,76-/m0/s1. The van der Waals surface area contributed by atoms with Crippen LogP contribution in [0.25, 0.3) is 0 Å². The van der Waals surface area contributed by atoms with E-state index in [0.29, 0.717) is 66.7 Å². The molecule has 0 spiro atoms. The second-order valence-electron chi connectivity index (χ2n) is 32.2. The number of nitrogens with zero attached hydrogens (tertiary/aromatic N) is 8. The quantitative estimate of drug-likeness (QED) is 0.107. The number of likely N-dealkylation sites (N-methyl/N-ethyl adjacent to an activating group) is 5. The fraction of sp³-hybridized carbons (Fsp3) is 0.808. The van der Waals surface area contributed by atoms with E-state index < -0.39 is 5.92 Å². The molecule has 4 heterocycles. The van der Waals surface area contributed by atoms with Crippen molar-refractivity contribution in [2.24, 2.45) is 23.7 Å². The number of hydrogen-bond donors (Lipinski definition) is 4. The summed E-state index contributed by atoms with van der Waals surface area (Å²) in [6.45, 7) is 29.3. The van der Waals surface area contributed by atoms with Crippen molar-refractivity contribution in [1.29, 1.82) is 0 Å². The van der Waals surface area contributed by atoms with E-state index >= 15 is 4.79 Å². The molecule has 6 fully saturated rings. The molecule has 0 aromatic heterocycles. The molecule has 10 atom stereocenters. The Kier molecular flexibility index (Phi) is 32.8. The highest BCUT2D eigenvalue weighted by Crippen LogP contribution is 2.39. The molecule has 0 unspecified atom stereocenters. The second-order valence-corrected chi connectivity index (χ2v) is 33.4. The normalized spacial score (nSPS) is 30.6. The summed E-state index contributed by atoms with van der Waals surface area (Å²) < 4.78 is 30.6. The first-order chi connectivity index (χ1) is 45.1. The molecule has 4 aliphatic heterocycles. The van der Waals surface area contributed by atoms with Crippen LogP contribution in [0.4, 0.5) is 8.78 Å². The summed E-state index contributed by atoms with van der Waals surface area (Å²) in [5.74, 6) is -0.0794. The van der Waals surface area contributed by atoms with Crippen LogP contribution in [0.3, 0.4) is 0 Å². The SMILES string of the molecule is CC(C)=CC[C@H]1CN(C)[C@@H](Cc2ccccc2)CN[C@@H](CC(C)C)CN(C)[C@H](C(=O)N2CCCCC2)CCN(C)[C@@H](CC(C)C)CN[C@@H](C2CCC2)CN2CCCC[C@H]2CN2CC[C@H]2CN(C)[C@@H](CC2CCC(F)(F)CC2)CN(C)CCN[C@@H](Cc2cccc(I)c2)CN1. The summed E-state index contributed by atoms with van der Waals surface area (Å²) in [6, 6.07) is 23.1. The first kappa shape index (κ1) is 77.5. The van der Waals surface area contributed by atoms with Gasteiger partial charge in [0.2, 0.25) is 11.8 Å². The maximum Gasteiger partial charge on any atom is 0.248 e. The highest BCUT2D eigenvalue weighted by Gasteiger charge is 2.40. The van der Waals surface area contributed by atoms with Gasteiger partial charge in [-0.25, -0.2) is 8.78 Å². The first-order valence-corrected chi connectivity index (χ1v) is 39.2. The van der Waals surface area contributed by atoms with E-state index in [4.69, 9.17) is 0 Å². The molecule has 2 aromatic rings. The molecule has 2 aliphatic carbocycles. The van der Waals surface area contributed by atoms with E-state index in [-0.39, 0.29) is 43.1 Å². The molecule has 4 saturated heterocycles. The number of halogens is 3. The van der Waals surface area contributed by atoms with Crippen molar-refractivity contribution in [2.75, 3.05) is 140 Å². The van der Waals surface area contributed by atoms with Gasteiger partial charge in [-0.3, -0.25) is 19.5 Å². The van der Waals surface area contributed by atoms with E-state index in [1.165, 1.54) is 84.7 Å². The zero-order valence-corrected chi connectivity index (χ0v) is 63.3. The predicted octanol–water partition coefficient (Wildman–Crippen LogP) is 11.9. The van der Waals surface area contributed by atoms with Crippen LogP contribution in [0.5, 0.6) is 0 Å². The van der Waals surface area contributed by atoms with Crippen LogP contribution in [0, 0.1) is 27.2 Å². The molecular weight excluding hydrogens is 1290 g/mol. The van der Waals surface area contributed by atoms with Gasteiger partial charge in [0, 0.05) is 169 Å². The van der Waals surface area contributed by atoms with Crippen molar-refractivity contribution in [3.8, 4) is 0 Å². The van der Waals surface area contributed by atoms with Crippen molar-refractivity contribution < 1.29 is 13.6 Å². The summed E-state index contributed by atoms with van der Waals surface area (Å²) in [7, 11) is 11.6. The Morgan fingerprint density at radius 2 is 1.24 bits per heavy atom. The maximum atomic E-state index is 15.1. The lowest BCUT2D eigenvalue weighted by Crippen LogP contribution is -2.60. The summed E-state index contributed by atoms with van der Waals surface area (Å²) in [5.41, 5.74) is 4.04. The fourth-order valence-electron chi connectivity index (χ4n) is 16.7. The van der Waals surface area contributed by atoms with E-state index in [1.54, 1.807) is 0 Å². The van der Waals surface area contributed by atoms with Gasteiger partial charge in [-0.15, -0.1) is 0 Å². The summed E-state index contributed by atoms with van der Waals surface area (Å²) >= 11 is 2.46. The average Bonchev–Trinajstić information content (AvgIpc) is 0.839. The van der Waals surface area contributed by atoms with Crippen molar-refractivity contribution in [3.05, 3.63) is 80.9 Å².